The van der Waals surface area contributed by atoms with E-state index in [9.17, 15) is 4.39 Å². The molecule has 5 heteroatoms. The van der Waals surface area contributed by atoms with Gasteiger partial charge in [-0.1, -0.05) is 35.1 Å². The quantitative estimate of drug-likeness (QED) is 0.620. The SMILES string of the molecule is Fc1ccc2nc(/N=C/c3cccc(Cl)c3)sc2c1. The van der Waals surface area contributed by atoms with Crippen LogP contribution in [-0.2, 0) is 0 Å². The van der Waals surface area contributed by atoms with Gasteiger partial charge in [0.15, 0.2) is 0 Å². The fraction of sp³-hybridized carbons (Fsp3) is 0. The minimum atomic E-state index is -0.262. The third kappa shape index (κ3) is 2.80. The first-order chi connectivity index (χ1) is 9.20. The molecule has 0 saturated carbocycles. The van der Waals surface area contributed by atoms with Crippen LogP contribution < -0.4 is 0 Å². The summed E-state index contributed by atoms with van der Waals surface area (Å²) >= 11 is 7.24. The van der Waals surface area contributed by atoms with Crippen LogP contribution in [0.4, 0.5) is 9.52 Å². The second-order valence-electron chi connectivity index (χ2n) is 3.92. The van der Waals surface area contributed by atoms with Crippen molar-refractivity contribution in [3.8, 4) is 0 Å². The van der Waals surface area contributed by atoms with E-state index in [1.807, 2.05) is 18.2 Å². The number of aromatic nitrogens is 1. The summed E-state index contributed by atoms with van der Waals surface area (Å²) in [6, 6.07) is 11.9. The summed E-state index contributed by atoms with van der Waals surface area (Å²) in [5, 5.41) is 1.26. The van der Waals surface area contributed by atoms with Crippen molar-refractivity contribution in [2.45, 2.75) is 0 Å². The van der Waals surface area contributed by atoms with Gasteiger partial charge in [0.2, 0.25) is 5.13 Å². The molecular weight excluding hydrogens is 283 g/mol. The molecule has 2 nitrogen and oxygen atoms in total. The van der Waals surface area contributed by atoms with E-state index in [-0.39, 0.29) is 5.82 Å². The number of hydrogen-bond donors (Lipinski definition) is 0. The van der Waals surface area contributed by atoms with Crippen molar-refractivity contribution in [2.75, 3.05) is 0 Å². The van der Waals surface area contributed by atoms with E-state index in [1.54, 1.807) is 18.3 Å². The fourth-order valence-electron chi connectivity index (χ4n) is 1.66. The lowest BCUT2D eigenvalue weighted by atomic mass is 10.2. The summed E-state index contributed by atoms with van der Waals surface area (Å²) in [6.45, 7) is 0. The summed E-state index contributed by atoms with van der Waals surface area (Å²) in [5.41, 5.74) is 1.66. The summed E-state index contributed by atoms with van der Waals surface area (Å²) in [7, 11) is 0. The standard InChI is InChI=1S/C14H8ClFN2S/c15-10-3-1-2-9(6-10)8-17-14-18-12-5-4-11(16)7-13(12)19-14/h1-8H/b17-8+. The molecule has 1 aromatic heterocycles. The van der Waals surface area contributed by atoms with Gasteiger partial charge in [-0.3, -0.25) is 0 Å². The smallest absolute Gasteiger partial charge is 0.210 e. The zero-order valence-electron chi connectivity index (χ0n) is 9.68. The van der Waals surface area contributed by atoms with E-state index in [4.69, 9.17) is 11.6 Å². The molecule has 0 fully saturated rings. The Morgan fingerprint density at radius 1 is 1.21 bits per heavy atom. The lowest BCUT2D eigenvalue weighted by Crippen LogP contribution is -1.78. The number of benzene rings is 2. The molecule has 0 aliphatic carbocycles. The Balaban J connectivity index is 1.92. The van der Waals surface area contributed by atoms with Crippen molar-refractivity contribution in [1.82, 2.24) is 4.98 Å². The average Bonchev–Trinajstić information content (AvgIpc) is 2.78. The number of aliphatic imine (C=N–C) groups is 1. The van der Waals surface area contributed by atoms with E-state index < -0.39 is 0 Å². The molecule has 0 aliphatic rings. The van der Waals surface area contributed by atoms with Crippen LogP contribution in [0.15, 0.2) is 47.5 Å². The molecule has 19 heavy (non-hydrogen) atoms. The van der Waals surface area contributed by atoms with Gasteiger partial charge >= 0.3 is 0 Å². The largest absolute Gasteiger partial charge is 0.227 e. The summed E-state index contributed by atoms with van der Waals surface area (Å²) < 4.78 is 13.9. The topological polar surface area (TPSA) is 25.2 Å². The van der Waals surface area contributed by atoms with E-state index in [1.165, 1.54) is 23.5 Å². The van der Waals surface area contributed by atoms with Gasteiger partial charge in [0.05, 0.1) is 10.2 Å². The van der Waals surface area contributed by atoms with Crippen LogP contribution in [0.2, 0.25) is 5.02 Å². The first-order valence-corrected chi connectivity index (χ1v) is 6.76. The number of thiazole rings is 1. The van der Waals surface area contributed by atoms with Crippen LogP contribution in [0, 0.1) is 5.82 Å². The zero-order chi connectivity index (χ0) is 13.2. The highest BCUT2D eigenvalue weighted by atomic mass is 35.5. The minimum absolute atomic E-state index is 0.262. The number of nitrogens with zero attached hydrogens (tertiary/aromatic N) is 2. The van der Waals surface area contributed by atoms with E-state index in [0.717, 1.165) is 15.8 Å². The van der Waals surface area contributed by atoms with Crippen LogP contribution in [0.1, 0.15) is 5.56 Å². The van der Waals surface area contributed by atoms with E-state index >= 15 is 0 Å². The van der Waals surface area contributed by atoms with E-state index in [2.05, 4.69) is 9.98 Å². The molecule has 2 aromatic carbocycles. The Bertz CT molecular complexity index is 767. The van der Waals surface area contributed by atoms with Gasteiger partial charge in [-0.2, -0.15) is 0 Å². The van der Waals surface area contributed by atoms with Crippen molar-refractivity contribution in [1.29, 1.82) is 0 Å². The Hall–Kier alpha value is -1.78. The number of hydrogen-bond acceptors (Lipinski definition) is 3. The molecule has 0 saturated heterocycles. The van der Waals surface area contributed by atoms with Crippen LogP contribution in [0.5, 0.6) is 0 Å². The number of rotatable bonds is 2. The Morgan fingerprint density at radius 2 is 2.11 bits per heavy atom. The molecule has 0 radical (unpaired) electrons. The highest BCUT2D eigenvalue weighted by Gasteiger charge is 2.03. The predicted octanol–water partition coefficient (Wildman–Crippen LogP) is 4.84. The monoisotopic (exact) mass is 290 g/mol. The second-order valence-corrected chi connectivity index (χ2v) is 5.37. The van der Waals surface area contributed by atoms with Crippen molar-refractivity contribution in [3.05, 3.63) is 58.9 Å². The van der Waals surface area contributed by atoms with E-state index in [0.29, 0.717) is 10.2 Å². The van der Waals surface area contributed by atoms with Crippen LogP contribution in [0.25, 0.3) is 10.2 Å². The van der Waals surface area contributed by atoms with Gasteiger partial charge in [0.1, 0.15) is 5.82 Å². The van der Waals surface area contributed by atoms with Gasteiger partial charge in [-0.15, -0.1) is 0 Å². The lowest BCUT2D eigenvalue weighted by molar-refractivity contribution is 0.630. The van der Waals surface area contributed by atoms with Crippen molar-refractivity contribution in [2.24, 2.45) is 4.99 Å². The molecule has 0 bridgehead atoms. The highest BCUT2D eigenvalue weighted by Crippen LogP contribution is 2.28. The van der Waals surface area contributed by atoms with Gasteiger partial charge < -0.3 is 0 Å². The maximum atomic E-state index is 13.1. The van der Waals surface area contributed by atoms with Crippen molar-refractivity contribution in [3.63, 3.8) is 0 Å². The van der Waals surface area contributed by atoms with Crippen molar-refractivity contribution >= 4 is 44.5 Å². The van der Waals surface area contributed by atoms with Gasteiger partial charge in [0, 0.05) is 11.2 Å². The summed E-state index contributed by atoms with van der Waals surface area (Å²) in [6.07, 6.45) is 1.69. The maximum absolute atomic E-state index is 13.1. The molecule has 0 spiro atoms. The van der Waals surface area contributed by atoms with Crippen molar-refractivity contribution < 1.29 is 4.39 Å². The molecule has 0 atom stereocenters. The van der Waals surface area contributed by atoms with Crippen LogP contribution >= 0.6 is 22.9 Å². The summed E-state index contributed by atoms with van der Waals surface area (Å²) in [4.78, 5) is 8.60. The fourth-order valence-corrected chi connectivity index (χ4v) is 2.69. The maximum Gasteiger partial charge on any atom is 0.210 e. The van der Waals surface area contributed by atoms with Gasteiger partial charge in [-0.25, -0.2) is 14.4 Å². The first kappa shape index (κ1) is 12.3. The lowest BCUT2D eigenvalue weighted by Gasteiger charge is -1.92. The molecular formula is C14H8ClFN2S. The first-order valence-electron chi connectivity index (χ1n) is 5.56. The molecule has 0 amide bonds. The molecule has 3 rings (SSSR count). The number of fused-ring (bicyclic) bond motifs is 1. The Labute approximate surface area is 118 Å². The normalized spacial score (nSPS) is 11.5. The minimum Gasteiger partial charge on any atom is -0.227 e. The van der Waals surface area contributed by atoms with Crippen LogP contribution in [-0.4, -0.2) is 11.2 Å². The average molecular weight is 291 g/mol. The molecule has 0 N–H and O–H groups in total. The zero-order valence-corrected chi connectivity index (χ0v) is 11.2. The molecule has 0 aliphatic heterocycles. The Kier molecular flexibility index (Phi) is 3.27. The Morgan fingerprint density at radius 3 is 2.95 bits per heavy atom. The van der Waals surface area contributed by atoms with Gasteiger partial charge in [0.25, 0.3) is 0 Å². The van der Waals surface area contributed by atoms with Gasteiger partial charge in [-0.05, 0) is 35.9 Å². The number of halogens is 2. The highest BCUT2D eigenvalue weighted by molar-refractivity contribution is 7.22. The third-order valence-electron chi connectivity index (χ3n) is 2.51. The third-order valence-corrected chi connectivity index (χ3v) is 3.67. The predicted molar refractivity (Wildman–Crippen MR) is 78.3 cm³/mol. The summed E-state index contributed by atoms with van der Waals surface area (Å²) in [5.74, 6) is -0.262. The molecule has 3 aromatic rings. The second kappa shape index (κ2) is 5.07. The molecule has 0 unspecified atom stereocenters. The molecule has 94 valence electrons. The molecule has 1 heterocycles. The van der Waals surface area contributed by atoms with Crippen LogP contribution in [0.3, 0.4) is 0 Å².